The Morgan fingerprint density at radius 1 is 1.30 bits per heavy atom. The van der Waals surface area contributed by atoms with Crippen LogP contribution in [0, 0.1) is 5.92 Å². The van der Waals surface area contributed by atoms with Crippen LogP contribution in [0.4, 0.5) is 17.6 Å². The standard InChI is InChI=1S/C22H21F4N5O2/c1-14(31-9-8-28-29-31)17(23)4-2-3-5-21(32)30-13-15-10-18(30)19(11-15)33-20-7-6-16(12-27-20)22(24,25)26/h2-4,6-9,12,15,18-19H,1,5,10-11,13H2/b3-2-,17-4+. The number of halogens is 4. The quantitative estimate of drug-likeness (QED) is 0.458. The third kappa shape index (κ3) is 5.12. The number of rotatable bonds is 7. The molecule has 7 nitrogen and oxygen atoms in total. The van der Waals surface area contributed by atoms with Gasteiger partial charge in [-0.3, -0.25) is 4.79 Å². The van der Waals surface area contributed by atoms with Crippen LogP contribution in [0.25, 0.3) is 5.70 Å². The van der Waals surface area contributed by atoms with Gasteiger partial charge in [0.15, 0.2) is 0 Å². The van der Waals surface area contributed by atoms with Gasteiger partial charge in [0.05, 0.1) is 29.7 Å². The van der Waals surface area contributed by atoms with Crippen molar-refractivity contribution in [2.24, 2.45) is 5.92 Å². The average molecular weight is 463 g/mol. The number of carbonyl (C=O) groups is 1. The van der Waals surface area contributed by atoms with Crippen molar-refractivity contribution in [1.29, 1.82) is 0 Å². The Balaban J connectivity index is 1.31. The number of pyridine rings is 1. The highest BCUT2D eigenvalue weighted by atomic mass is 19.4. The van der Waals surface area contributed by atoms with Crippen LogP contribution in [0.5, 0.6) is 5.88 Å². The highest BCUT2D eigenvalue weighted by Gasteiger charge is 2.48. The number of amides is 1. The SMILES string of the molecule is C=C(/C(F)=C\C=C/CC(=O)N1CC2CC(Oc3ccc(C(F)(F)F)cn3)C1C2)n1ccnn1. The van der Waals surface area contributed by atoms with E-state index in [2.05, 4.69) is 21.9 Å². The first-order valence-electron chi connectivity index (χ1n) is 10.3. The fourth-order valence-electron chi connectivity index (χ4n) is 4.15. The molecule has 2 fully saturated rings. The molecule has 1 amide bonds. The molecule has 1 saturated heterocycles. The first-order valence-corrected chi connectivity index (χ1v) is 10.3. The molecule has 4 rings (SSSR count). The summed E-state index contributed by atoms with van der Waals surface area (Å²) in [6.07, 6.45) is 4.55. The minimum Gasteiger partial charge on any atom is -0.472 e. The van der Waals surface area contributed by atoms with Gasteiger partial charge in [-0.1, -0.05) is 23.9 Å². The molecule has 0 N–H and O–H groups in total. The lowest BCUT2D eigenvalue weighted by atomic mass is 10.1. The average Bonchev–Trinajstić information content (AvgIpc) is 3.53. The third-order valence-electron chi connectivity index (χ3n) is 5.73. The van der Waals surface area contributed by atoms with Gasteiger partial charge in [-0.25, -0.2) is 14.1 Å². The molecule has 1 aliphatic heterocycles. The molecule has 11 heteroatoms. The number of aromatic nitrogens is 4. The second-order valence-electron chi connectivity index (χ2n) is 7.93. The number of allylic oxidation sites excluding steroid dienone is 4. The van der Waals surface area contributed by atoms with Crippen molar-refractivity contribution in [2.75, 3.05) is 6.54 Å². The first-order chi connectivity index (χ1) is 15.7. The van der Waals surface area contributed by atoms with Crippen molar-refractivity contribution >= 4 is 11.6 Å². The molecule has 3 atom stereocenters. The van der Waals surface area contributed by atoms with Crippen LogP contribution in [0.15, 0.2) is 61.4 Å². The molecule has 0 radical (unpaired) electrons. The largest absolute Gasteiger partial charge is 0.472 e. The van der Waals surface area contributed by atoms with Crippen LogP contribution in [-0.2, 0) is 11.0 Å². The number of fused-ring (bicyclic) bond motifs is 2. The van der Waals surface area contributed by atoms with Crippen LogP contribution in [0.1, 0.15) is 24.8 Å². The molecular weight excluding hydrogens is 442 g/mol. The van der Waals surface area contributed by atoms with Crippen LogP contribution < -0.4 is 4.74 Å². The molecule has 3 unspecified atom stereocenters. The number of likely N-dealkylation sites (tertiary alicyclic amines) is 1. The molecule has 33 heavy (non-hydrogen) atoms. The Labute approximate surface area is 187 Å². The van der Waals surface area contributed by atoms with Crippen LogP contribution in [-0.4, -0.2) is 49.5 Å². The Hall–Kier alpha value is -3.50. The van der Waals surface area contributed by atoms with E-state index in [-0.39, 0.29) is 42.0 Å². The number of ether oxygens (including phenoxy) is 1. The Bertz CT molecular complexity index is 1060. The summed E-state index contributed by atoms with van der Waals surface area (Å²) in [5.74, 6) is -0.370. The van der Waals surface area contributed by atoms with E-state index in [9.17, 15) is 22.4 Å². The molecule has 2 aromatic rings. The molecule has 0 spiro atoms. The minimum atomic E-state index is -4.46. The lowest BCUT2D eigenvalue weighted by Gasteiger charge is -2.33. The van der Waals surface area contributed by atoms with E-state index in [0.717, 1.165) is 18.7 Å². The number of piperidine rings is 1. The van der Waals surface area contributed by atoms with Crippen molar-refractivity contribution in [1.82, 2.24) is 24.9 Å². The van der Waals surface area contributed by atoms with Crippen molar-refractivity contribution in [3.8, 4) is 5.88 Å². The lowest BCUT2D eigenvalue weighted by Crippen LogP contribution is -2.46. The number of alkyl halides is 3. The van der Waals surface area contributed by atoms with Crippen molar-refractivity contribution in [3.05, 3.63) is 66.9 Å². The molecule has 1 saturated carbocycles. The van der Waals surface area contributed by atoms with Gasteiger partial charge in [0.2, 0.25) is 11.8 Å². The van der Waals surface area contributed by atoms with Gasteiger partial charge in [-0.2, -0.15) is 13.2 Å². The zero-order chi connectivity index (χ0) is 23.6. The van der Waals surface area contributed by atoms with Gasteiger partial charge in [0, 0.05) is 25.2 Å². The van der Waals surface area contributed by atoms with E-state index in [1.807, 2.05) is 0 Å². The van der Waals surface area contributed by atoms with E-state index in [1.165, 1.54) is 35.3 Å². The zero-order valence-electron chi connectivity index (χ0n) is 17.5. The van der Waals surface area contributed by atoms with Crippen molar-refractivity contribution in [3.63, 3.8) is 0 Å². The Morgan fingerprint density at radius 3 is 2.76 bits per heavy atom. The maximum Gasteiger partial charge on any atom is 0.417 e. The van der Waals surface area contributed by atoms with Crippen LogP contribution >= 0.6 is 0 Å². The van der Waals surface area contributed by atoms with Crippen LogP contribution in [0.2, 0.25) is 0 Å². The normalized spacial score (nSPS) is 22.8. The Morgan fingerprint density at radius 2 is 2.12 bits per heavy atom. The third-order valence-corrected chi connectivity index (χ3v) is 5.73. The molecule has 0 aromatic carbocycles. The number of nitrogens with zero attached hydrogens (tertiary/aromatic N) is 5. The van der Waals surface area contributed by atoms with E-state index in [4.69, 9.17) is 4.74 Å². The van der Waals surface area contributed by atoms with Gasteiger partial charge in [0.25, 0.3) is 0 Å². The summed E-state index contributed by atoms with van der Waals surface area (Å²) < 4.78 is 59.2. The fraction of sp³-hybridized carbons (Fsp3) is 0.364. The molecule has 2 aliphatic rings. The fourth-order valence-corrected chi connectivity index (χ4v) is 4.15. The van der Waals surface area contributed by atoms with E-state index in [1.54, 1.807) is 11.0 Å². The molecule has 1 aliphatic carbocycles. The van der Waals surface area contributed by atoms with Gasteiger partial charge in [0.1, 0.15) is 11.9 Å². The topological polar surface area (TPSA) is 73.1 Å². The second kappa shape index (κ2) is 9.16. The maximum absolute atomic E-state index is 14.1. The monoisotopic (exact) mass is 463 g/mol. The number of carbonyl (C=O) groups excluding carboxylic acids is 1. The van der Waals surface area contributed by atoms with Gasteiger partial charge < -0.3 is 9.64 Å². The summed E-state index contributed by atoms with van der Waals surface area (Å²) in [6.45, 7) is 4.19. The highest BCUT2D eigenvalue weighted by Crippen LogP contribution is 2.40. The molecule has 3 heterocycles. The van der Waals surface area contributed by atoms with Gasteiger partial charge in [-0.05, 0) is 30.9 Å². The predicted octanol–water partition coefficient (Wildman–Crippen LogP) is 4.03. The molecule has 174 valence electrons. The van der Waals surface area contributed by atoms with Gasteiger partial charge in [-0.15, -0.1) is 5.10 Å². The highest BCUT2D eigenvalue weighted by molar-refractivity contribution is 5.78. The predicted molar refractivity (Wildman–Crippen MR) is 110 cm³/mol. The van der Waals surface area contributed by atoms with Gasteiger partial charge >= 0.3 is 6.18 Å². The number of hydrogen-bond acceptors (Lipinski definition) is 5. The summed E-state index contributed by atoms with van der Waals surface area (Å²) in [7, 11) is 0. The van der Waals surface area contributed by atoms with Crippen molar-refractivity contribution < 1.29 is 27.1 Å². The smallest absolute Gasteiger partial charge is 0.417 e. The summed E-state index contributed by atoms with van der Waals surface area (Å²) in [5.41, 5.74) is -0.820. The van der Waals surface area contributed by atoms with Crippen molar-refractivity contribution in [2.45, 2.75) is 37.6 Å². The maximum atomic E-state index is 14.1. The zero-order valence-corrected chi connectivity index (χ0v) is 17.5. The number of hydrogen-bond donors (Lipinski definition) is 0. The minimum absolute atomic E-state index is 0.0252. The summed E-state index contributed by atoms with van der Waals surface area (Å²) in [4.78, 5) is 18.2. The first kappa shape index (κ1) is 22.7. The molecule has 2 aromatic heterocycles. The molecular formula is C22H21F4N5O2. The van der Waals surface area contributed by atoms with E-state index >= 15 is 0 Å². The lowest BCUT2D eigenvalue weighted by molar-refractivity contribution is -0.138. The van der Waals surface area contributed by atoms with E-state index < -0.39 is 17.6 Å². The summed E-state index contributed by atoms with van der Waals surface area (Å²) in [6, 6.07) is 1.95. The summed E-state index contributed by atoms with van der Waals surface area (Å²) in [5, 5.41) is 7.24. The second-order valence-corrected chi connectivity index (χ2v) is 7.93. The van der Waals surface area contributed by atoms with E-state index in [0.29, 0.717) is 13.0 Å². The Kier molecular flexibility index (Phi) is 6.30. The van der Waals surface area contributed by atoms with Crippen LogP contribution in [0.3, 0.4) is 0 Å². The molecule has 2 bridgehead atoms. The summed E-state index contributed by atoms with van der Waals surface area (Å²) >= 11 is 0.